The van der Waals surface area contributed by atoms with Crippen molar-refractivity contribution in [3.63, 3.8) is 0 Å². The van der Waals surface area contributed by atoms with Crippen molar-refractivity contribution in [3.05, 3.63) is 60.1 Å². The summed E-state index contributed by atoms with van der Waals surface area (Å²) in [6, 6.07) is 12.5. The van der Waals surface area contributed by atoms with Crippen molar-refractivity contribution in [1.82, 2.24) is 10.2 Å². The maximum atomic E-state index is 12.4. The van der Waals surface area contributed by atoms with Crippen molar-refractivity contribution < 1.29 is 23.9 Å². The maximum absolute atomic E-state index is 12.4. The fraction of sp³-hybridized carbons (Fsp3) is 0.316. The summed E-state index contributed by atoms with van der Waals surface area (Å²) in [5, 5.41) is 12.1. The fourth-order valence-electron chi connectivity index (χ4n) is 3.23. The van der Waals surface area contributed by atoms with Gasteiger partial charge >= 0.3 is 5.97 Å². The molecule has 2 aromatic rings. The van der Waals surface area contributed by atoms with E-state index in [4.69, 9.17) is 4.42 Å². The summed E-state index contributed by atoms with van der Waals surface area (Å²) in [6.07, 6.45) is 1.51. The number of hydrogen-bond acceptors (Lipinski definition) is 4. The van der Waals surface area contributed by atoms with Crippen molar-refractivity contribution >= 4 is 17.8 Å². The Labute approximate surface area is 150 Å². The van der Waals surface area contributed by atoms with Crippen LogP contribution in [-0.2, 0) is 9.59 Å². The summed E-state index contributed by atoms with van der Waals surface area (Å²) in [5.41, 5.74) is 0.918. The highest BCUT2D eigenvalue weighted by Gasteiger charge is 2.40. The van der Waals surface area contributed by atoms with Gasteiger partial charge in [-0.3, -0.25) is 14.4 Å². The number of nitrogens with zero attached hydrogens (tertiary/aromatic N) is 1. The Morgan fingerprint density at radius 1 is 1.12 bits per heavy atom. The number of hydrogen-bond donors (Lipinski definition) is 2. The molecule has 2 heterocycles. The number of likely N-dealkylation sites (tertiary alicyclic amines) is 1. The van der Waals surface area contributed by atoms with Gasteiger partial charge in [0.25, 0.3) is 5.91 Å². The van der Waals surface area contributed by atoms with Gasteiger partial charge < -0.3 is 19.7 Å². The Hall–Kier alpha value is -3.09. The minimum atomic E-state index is -0.903. The molecule has 2 atom stereocenters. The van der Waals surface area contributed by atoms with Gasteiger partial charge in [0, 0.05) is 32.0 Å². The van der Waals surface area contributed by atoms with Gasteiger partial charge in [-0.05, 0) is 17.7 Å². The van der Waals surface area contributed by atoms with Crippen LogP contribution in [0.1, 0.15) is 28.5 Å². The molecule has 0 radical (unpaired) electrons. The van der Waals surface area contributed by atoms with Gasteiger partial charge in [-0.2, -0.15) is 0 Å². The number of nitrogens with one attached hydrogen (secondary N) is 1. The molecule has 1 fully saturated rings. The number of carboxylic acid groups (broad SMARTS) is 1. The largest absolute Gasteiger partial charge is 0.481 e. The molecular formula is C19H20N2O5. The van der Waals surface area contributed by atoms with Crippen LogP contribution < -0.4 is 5.32 Å². The second kappa shape index (κ2) is 7.86. The van der Waals surface area contributed by atoms with E-state index in [-0.39, 0.29) is 43.0 Å². The van der Waals surface area contributed by atoms with E-state index in [1.54, 1.807) is 17.0 Å². The highest BCUT2D eigenvalue weighted by molar-refractivity contribution is 5.91. The summed E-state index contributed by atoms with van der Waals surface area (Å²) in [5.74, 6) is -2.12. The van der Waals surface area contributed by atoms with Crippen molar-refractivity contribution in [2.24, 2.45) is 5.92 Å². The minimum absolute atomic E-state index is 0.111. The number of furan rings is 1. The van der Waals surface area contributed by atoms with Crippen molar-refractivity contribution in [2.75, 3.05) is 19.6 Å². The number of amides is 2. The van der Waals surface area contributed by atoms with Gasteiger partial charge in [-0.15, -0.1) is 0 Å². The predicted octanol–water partition coefficient (Wildman–Crippen LogP) is 1.73. The van der Waals surface area contributed by atoms with E-state index in [0.29, 0.717) is 6.54 Å². The first-order valence-electron chi connectivity index (χ1n) is 8.43. The molecule has 1 aliphatic heterocycles. The van der Waals surface area contributed by atoms with Crippen LogP contribution >= 0.6 is 0 Å². The van der Waals surface area contributed by atoms with Crippen LogP contribution in [0.4, 0.5) is 0 Å². The van der Waals surface area contributed by atoms with Gasteiger partial charge in [-0.25, -0.2) is 0 Å². The molecule has 3 rings (SSSR count). The van der Waals surface area contributed by atoms with Crippen molar-refractivity contribution in [2.45, 2.75) is 12.3 Å². The standard InChI is InChI=1S/C19H20N2O5/c22-17(8-9-20-18(23)16-7-4-10-26-16)21-11-14(15(12-21)19(24)25)13-5-2-1-3-6-13/h1-7,10,14-15H,8-9,11-12H2,(H,20,23)(H,24,25). The van der Waals surface area contributed by atoms with Crippen LogP contribution in [0.3, 0.4) is 0 Å². The Balaban J connectivity index is 1.56. The number of carbonyl (C=O) groups is 3. The van der Waals surface area contributed by atoms with Crippen LogP contribution in [-0.4, -0.2) is 47.4 Å². The molecule has 0 bridgehead atoms. The zero-order chi connectivity index (χ0) is 18.5. The molecule has 0 spiro atoms. The van der Waals surface area contributed by atoms with E-state index in [0.717, 1.165) is 5.56 Å². The van der Waals surface area contributed by atoms with Crippen LogP contribution in [0.25, 0.3) is 0 Å². The van der Waals surface area contributed by atoms with E-state index in [9.17, 15) is 19.5 Å². The highest BCUT2D eigenvalue weighted by atomic mass is 16.4. The molecule has 7 nitrogen and oxygen atoms in total. The highest BCUT2D eigenvalue weighted by Crippen LogP contribution is 2.33. The molecule has 1 saturated heterocycles. The molecule has 26 heavy (non-hydrogen) atoms. The molecule has 0 aliphatic carbocycles. The summed E-state index contributed by atoms with van der Waals surface area (Å²) in [7, 11) is 0. The average Bonchev–Trinajstić information content (AvgIpc) is 3.32. The second-order valence-corrected chi connectivity index (χ2v) is 6.24. The molecule has 7 heteroatoms. The van der Waals surface area contributed by atoms with Gasteiger partial charge in [0.15, 0.2) is 5.76 Å². The Bertz CT molecular complexity index is 772. The number of carbonyl (C=O) groups excluding carboxylic acids is 2. The first-order chi connectivity index (χ1) is 12.6. The molecule has 1 aromatic carbocycles. The van der Waals surface area contributed by atoms with Crippen LogP contribution in [0, 0.1) is 5.92 Å². The minimum Gasteiger partial charge on any atom is -0.481 e. The van der Waals surface area contributed by atoms with E-state index < -0.39 is 11.9 Å². The third-order valence-electron chi connectivity index (χ3n) is 4.59. The average molecular weight is 356 g/mol. The number of rotatable bonds is 6. The zero-order valence-corrected chi connectivity index (χ0v) is 14.1. The fourth-order valence-corrected chi connectivity index (χ4v) is 3.23. The number of benzene rings is 1. The smallest absolute Gasteiger partial charge is 0.308 e. The topological polar surface area (TPSA) is 99.9 Å². The third-order valence-corrected chi connectivity index (χ3v) is 4.59. The van der Waals surface area contributed by atoms with Crippen LogP contribution in [0.2, 0.25) is 0 Å². The van der Waals surface area contributed by atoms with E-state index >= 15 is 0 Å². The summed E-state index contributed by atoms with van der Waals surface area (Å²) in [6.45, 7) is 0.717. The molecule has 136 valence electrons. The van der Waals surface area contributed by atoms with Gasteiger partial charge in [0.05, 0.1) is 12.2 Å². The summed E-state index contributed by atoms with van der Waals surface area (Å²) in [4.78, 5) is 37.3. The van der Waals surface area contributed by atoms with E-state index in [1.807, 2.05) is 30.3 Å². The molecule has 1 aromatic heterocycles. The Morgan fingerprint density at radius 2 is 1.88 bits per heavy atom. The number of carboxylic acids is 1. The Kier molecular flexibility index (Phi) is 5.36. The predicted molar refractivity (Wildman–Crippen MR) is 92.5 cm³/mol. The van der Waals surface area contributed by atoms with Gasteiger partial charge in [0.2, 0.25) is 5.91 Å². The lowest BCUT2D eigenvalue weighted by Gasteiger charge is -2.16. The first-order valence-corrected chi connectivity index (χ1v) is 8.43. The molecule has 2 unspecified atom stereocenters. The lowest BCUT2D eigenvalue weighted by Crippen LogP contribution is -2.33. The second-order valence-electron chi connectivity index (χ2n) is 6.24. The van der Waals surface area contributed by atoms with Crippen molar-refractivity contribution in [3.8, 4) is 0 Å². The maximum Gasteiger partial charge on any atom is 0.308 e. The van der Waals surface area contributed by atoms with Crippen LogP contribution in [0.5, 0.6) is 0 Å². The van der Waals surface area contributed by atoms with Crippen molar-refractivity contribution in [1.29, 1.82) is 0 Å². The molecule has 1 aliphatic rings. The van der Waals surface area contributed by atoms with Crippen LogP contribution in [0.15, 0.2) is 53.1 Å². The molecular weight excluding hydrogens is 336 g/mol. The summed E-state index contributed by atoms with van der Waals surface area (Å²) >= 11 is 0. The lowest BCUT2D eigenvalue weighted by molar-refractivity contribution is -0.141. The third kappa shape index (κ3) is 3.93. The number of aliphatic carboxylic acids is 1. The monoisotopic (exact) mass is 356 g/mol. The summed E-state index contributed by atoms with van der Waals surface area (Å²) < 4.78 is 4.98. The van der Waals surface area contributed by atoms with E-state index in [1.165, 1.54) is 6.26 Å². The molecule has 2 N–H and O–H groups in total. The van der Waals surface area contributed by atoms with Gasteiger partial charge in [-0.1, -0.05) is 30.3 Å². The first kappa shape index (κ1) is 17.7. The Morgan fingerprint density at radius 3 is 2.54 bits per heavy atom. The zero-order valence-electron chi connectivity index (χ0n) is 14.1. The quantitative estimate of drug-likeness (QED) is 0.821. The molecule has 2 amide bonds. The SMILES string of the molecule is O=C(NCCC(=O)N1CC(C(=O)O)C(c2ccccc2)C1)c1ccco1. The van der Waals surface area contributed by atoms with Gasteiger partial charge in [0.1, 0.15) is 0 Å². The normalized spacial score (nSPS) is 19.3. The lowest BCUT2D eigenvalue weighted by atomic mass is 9.89. The molecule has 0 saturated carbocycles. The van der Waals surface area contributed by atoms with E-state index in [2.05, 4.69) is 5.32 Å².